The van der Waals surface area contributed by atoms with Crippen LogP contribution in [0.25, 0.3) is 16.5 Å². The number of unbranched alkanes of at least 4 members (excludes halogenated alkanes) is 1. The molecule has 0 fully saturated rings. The van der Waals surface area contributed by atoms with Crippen LogP contribution < -0.4 is 10.2 Å². The molecule has 1 N–H and O–H groups in total. The highest BCUT2D eigenvalue weighted by molar-refractivity contribution is 6.03. The average molecular weight is 440 g/mol. The summed E-state index contributed by atoms with van der Waals surface area (Å²) in [6.07, 6.45) is 3.72. The van der Waals surface area contributed by atoms with Crippen molar-refractivity contribution in [3.05, 3.63) is 95.3 Å². The van der Waals surface area contributed by atoms with E-state index >= 15 is 0 Å². The third-order valence-electron chi connectivity index (χ3n) is 5.70. The summed E-state index contributed by atoms with van der Waals surface area (Å²) in [7, 11) is 0. The van der Waals surface area contributed by atoms with Crippen LogP contribution in [0.1, 0.15) is 47.1 Å². The van der Waals surface area contributed by atoms with Crippen molar-refractivity contribution in [2.24, 2.45) is 5.10 Å². The van der Waals surface area contributed by atoms with Crippen molar-refractivity contribution >= 4 is 22.9 Å². The molecular formula is C28H29N3O2. The molecule has 0 aliphatic rings. The molecule has 1 heterocycles. The van der Waals surface area contributed by atoms with Gasteiger partial charge >= 0.3 is 0 Å². The first-order valence-corrected chi connectivity index (χ1v) is 11.3. The van der Waals surface area contributed by atoms with Gasteiger partial charge in [-0.15, -0.1) is 0 Å². The van der Waals surface area contributed by atoms with Crippen LogP contribution in [0.2, 0.25) is 0 Å². The van der Waals surface area contributed by atoms with Gasteiger partial charge in [-0.05, 0) is 73.5 Å². The molecule has 0 bridgehead atoms. The van der Waals surface area contributed by atoms with Crippen molar-refractivity contribution in [2.75, 3.05) is 6.61 Å². The first-order chi connectivity index (χ1) is 16.1. The van der Waals surface area contributed by atoms with Gasteiger partial charge in [0, 0.05) is 28.2 Å². The second-order valence-electron chi connectivity index (χ2n) is 8.10. The van der Waals surface area contributed by atoms with E-state index in [0.29, 0.717) is 12.2 Å². The number of nitrogens with zero attached hydrogens (tertiary/aromatic N) is 2. The largest absolute Gasteiger partial charge is 0.493 e. The number of hydrazone groups is 1. The van der Waals surface area contributed by atoms with E-state index in [0.717, 1.165) is 52.0 Å². The minimum Gasteiger partial charge on any atom is -0.493 e. The molecule has 4 aromatic rings. The van der Waals surface area contributed by atoms with Gasteiger partial charge in [0.15, 0.2) is 0 Å². The molecule has 4 rings (SSSR count). The summed E-state index contributed by atoms with van der Waals surface area (Å²) < 4.78 is 8.14. The van der Waals surface area contributed by atoms with Crippen LogP contribution in [-0.2, 0) is 0 Å². The number of benzene rings is 3. The van der Waals surface area contributed by atoms with Gasteiger partial charge < -0.3 is 9.30 Å². The van der Waals surface area contributed by atoms with Crippen LogP contribution in [0.15, 0.2) is 77.9 Å². The van der Waals surface area contributed by atoms with Crippen LogP contribution >= 0.6 is 0 Å². The van der Waals surface area contributed by atoms with E-state index in [1.807, 2.05) is 54.6 Å². The SMILES string of the molecule is CCCCOc1ccc2ccccc2c1/C=N\NC(=O)c1ccc(-n2c(C)ccc2C)cc1. The quantitative estimate of drug-likeness (QED) is 0.202. The molecule has 1 aromatic heterocycles. The molecule has 0 saturated heterocycles. The summed E-state index contributed by atoms with van der Waals surface area (Å²) >= 11 is 0. The lowest BCUT2D eigenvalue weighted by molar-refractivity contribution is 0.0955. The standard InChI is InChI=1S/C28H29N3O2/c1-4-5-18-33-27-17-14-22-8-6-7-9-25(22)26(27)19-29-30-28(32)23-12-15-24(16-13-23)31-20(2)10-11-21(31)3/h6-17,19H,4-5,18H2,1-3H3,(H,30,32)/b29-19-. The molecule has 3 aromatic carbocycles. The zero-order valence-corrected chi connectivity index (χ0v) is 19.3. The lowest BCUT2D eigenvalue weighted by Gasteiger charge is -2.11. The zero-order chi connectivity index (χ0) is 23.2. The normalized spacial score (nSPS) is 11.2. The molecule has 168 valence electrons. The number of carbonyl (C=O) groups is 1. The van der Waals surface area contributed by atoms with E-state index in [2.05, 4.69) is 54.1 Å². The van der Waals surface area contributed by atoms with Crippen LogP contribution in [0.5, 0.6) is 5.75 Å². The highest BCUT2D eigenvalue weighted by atomic mass is 16.5. The van der Waals surface area contributed by atoms with Crippen LogP contribution in [0, 0.1) is 13.8 Å². The number of aryl methyl sites for hydroxylation is 2. The van der Waals surface area contributed by atoms with Crippen molar-refractivity contribution in [2.45, 2.75) is 33.6 Å². The fourth-order valence-corrected chi connectivity index (χ4v) is 3.92. The molecule has 33 heavy (non-hydrogen) atoms. The molecule has 0 spiro atoms. The molecule has 5 nitrogen and oxygen atoms in total. The highest BCUT2D eigenvalue weighted by Crippen LogP contribution is 2.27. The fourth-order valence-electron chi connectivity index (χ4n) is 3.92. The summed E-state index contributed by atoms with van der Waals surface area (Å²) in [5.41, 5.74) is 7.40. The molecule has 0 unspecified atom stereocenters. The van der Waals surface area contributed by atoms with Crippen LogP contribution in [-0.4, -0.2) is 23.3 Å². The Kier molecular flexibility index (Phi) is 6.89. The second kappa shape index (κ2) is 10.2. The molecular weight excluding hydrogens is 410 g/mol. The van der Waals surface area contributed by atoms with Crippen molar-refractivity contribution in [1.29, 1.82) is 0 Å². The number of fused-ring (bicyclic) bond motifs is 1. The van der Waals surface area contributed by atoms with Crippen LogP contribution in [0.3, 0.4) is 0 Å². The van der Waals surface area contributed by atoms with Crippen LogP contribution in [0.4, 0.5) is 0 Å². The maximum Gasteiger partial charge on any atom is 0.271 e. The Labute approximate surface area is 194 Å². The predicted molar refractivity (Wildman–Crippen MR) is 135 cm³/mol. The Hall–Kier alpha value is -3.86. The maximum absolute atomic E-state index is 12.7. The summed E-state index contributed by atoms with van der Waals surface area (Å²) in [6.45, 7) is 6.91. The van der Waals surface area contributed by atoms with Gasteiger partial charge in [0.25, 0.3) is 5.91 Å². The summed E-state index contributed by atoms with van der Waals surface area (Å²) in [5.74, 6) is 0.509. The monoisotopic (exact) mass is 439 g/mol. The minimum atomic E-state index is -0.257. The third kappa shape index (κ3) is 4.98. The molecule has 0 radical (unpaired) electrons. The van der Waals surface area contributed by atoms with Crippen molar-refractivity contribution in [3.8, 4) is 11.4 Å². The van der Waals surface area contributed by atoms with Gasteiger partial charge in [0.05, 0.1) is 12.8 Å². The van der Waals surface area contributed by atoms with Gasteiger partial charge in [-0.3, -0.25) is 4.79 Å². The topological polar surface area (TPSA) is 55.6 Å². The number of ether oxygens (including phenoxy) is 1. The Morgan fingerprint density at radius 2 is 1.70 bits per heavy atom. The molecule has 0 aliphatic carbocycles. The van der Waals surface area contributed by atoms with Gasteiger partial charge in [-0.2, -0.15) is 5.10 Å². The number of rotatable bonds is 8. The number of nitrogens with one attached hydrogen (secondary N) is 1. The van der Waals surface area contributed by atoms with Crippen molar-refractivity contribution in [3.63, 3.8) is 0 Å². The highest BCUT2D eigenvalue weighted by Gasteiger charge is 2.09. The van der Waals surface area contributed by atoms with Gasteiger partial charge in [-0.25, -0.2) is 5.43 Å². The van der Waals surface area contributed by atoms with E-state index in [9.17, 15) is 4.79 Å². The van der Waals surface area contributed by atoms with E-state index < -0.39 is 0 Å². The van der Waals surface area contributed by atoms with E-state index in [1.54, 1.807) is 6.21 Å². The van der Waals surface area contributed by atoms with Gasteiger partial charge in [0.1, 0.15) is 5.75 Å². The van der Waals surface area contributed by atoms with Gasteiger partial charge in [0.2, 0.25) is 0 Å². The molecule has 5 heteroatoms. The Morgan fingerprint density at radius 1 is 0.970 bits per heavy atom. The zero-order valence-electron chi connectivity index (χ0n) is 19.3. The van der Waals surface area contributed by atoms with Crippen molar-refractivity contribution < 1.29 is 9.53 Å². The third-order valence-corrected chi connectivity index (χ3v) is 5.70. The van der Waals surface area contributed by atoms with Gasteiger partial charge in [-0.1, -0.05) is 43.7 Å². The minimum absolute atomic E-state index is 0.257. The summed E-state index contributed by atoms with van der Waals surface area (Å²) in [6, 6.07) is 23.8. The number of carbonyl (C=O) groups excluding carboxylic acids is 1. The Balaban J connectivity index is 1.52. The first kappa shape index (κ1) is 22.3. The molecule has 0 aliphatic heterocycles. The molecule has 1 amide bonds. The smallest absolute Gasteiger partial charge is 0.271 e. The Bertz CT molecular complexity index is 1270. The number of aromatic nitrogens is 1. The first-order valence-electron chi connectivity index (χ1n) is 11.3. The lowest BCUT2D eigenvalue weighted by atomic mass is 10.0. The second-order valence-corrected chi connectivity index (χ2v) is 8.10. The Morgan fingerprint density at radius 3 is 2.42 bits per heavy atom. The van der Waals surface area contributed by atoms with E-state index in [1.165, 1.54) is 0 Å². The maximum atomic E-state index is 12.7. The predicted octanol–water partition coefficient (Wildman–Crippen LogP) is 6.19. The number of hydrogen-bond acceptors (Lipinski definition) is 3. The molecule has 0 atom stereocenters. The fraction of sp³-hybridized carbons (Fsp3) is 0.214. The summed E-state index contributed by atoms with van der Waals surface area (Å²) in [4.78, 5) is 12.7. The van der Waals surface area contributed by atoms with Crippen molar-refractivity contribution in [1.82, 2.24) is 9.99 Å². The number of amides is 1. The van der Waals surface area contributed by atoms with E-state index in [4.69, 9.17) is 4.74 Å². The molecule has 0 saturated carbocycles. The average Bonchev–Trinajstić information content (AvgIpc) is 3.18. The number of hydrogen-bond donors (Lipinski definition) is 1. The lowest BCUT2D eigenvalue weighted by Crippen LogP contribution is -2.17. The van der Waals surface area contributed by atoms with E-state index in [-0.39, 0.29) is 5.91 Å². The summed E-state index contributed by atoms with van der Waals surface area (Å²) in [5, 5.41) is 6.38.